The number of nitrogens with one attached hydrogen (secondary N) is 1. The summed E-state index contributed by atoms with van der Waals surface area (Å²) < 4.78 is 1.93. The van der Waals surface area contributed by atoms with Gasteiger partial charge in [0.05, 0.1) is 16.9 Å². The zero-order valence-electron chi connectivity index (χ0n) is 21.6. The van der Waals surface area contributed by atoms with E-state index in [0.717, 1.165) is 46.8 Å². The smallest absolute Gasteiger partial charge is 0.228 e. The molecule has 5 rings (SSSR count). The second-order valence-corrected chi connectivity index (χ2v) is 9.99. The molecule has 3 aromatic heterocycles. The van der Waals surface area contributed by atoms with E-state index < -0.39 is 0 Å². The minimum Gasteiger partial charge on any atom is -0.324 e. The minimum atomic E-state index is 0.169. The quantitative estimate of drug-likeness (QED) is 0.415. The number of hydrogen-bond acceptors (Lipinski definition) is 6. The van der Waals surface area contributed by atoms with Crippen LogP contribution in [0, 0.1) is 6.92 Å². The summed E-state index contributed by atoms with van der Waals surface area (Å²) in [5, 5.41) is 7.94. The SMILES string of the molecule is Cc1nn2ccc(-c3ccnc(Nc4ccc(N5CCC(N(C)C)CC5=O)cc4)n3)cc2c1C(C)C. The molecule has 0 radical (unpaired) electrons. The number of carbonyl (C=O) groups is 1. The highest BCUT2D eigenvalue weighted by atomic mass is 16.2. The number of anilines is 3. The Morgan fingerprint density at radius 1 is 1.11 bits per heavy atom. The number of aryl methyl sites for hydroxylation is 1. The van der Waals surface area contributed by atoms with Crippen LogP contribution in [0.4, 0.5) is 17.3 Å². The Balaban J connectivity index is 1.33. The molecule has 1 aliphatic heterocycles. The molecule has 36 heavy (non-hydrogen) atoms. The molecule has 0 spiro atoms. The molecular weight excluding hydrogens is 450 g/mol. The Morgan fingerprint density at radius 2 is 1.89 bits per heavy atom. The maximum Gasteiger partial charge on any atom is 0.228 e. The molecule has 1 unspecified atom stereocenters. The molecule has 1 fully saturated rings. The Labute approximate surface area is 212 Å². The third-order valence-electron chi connectivity index (χ3n) is 6.95. The number of fused-ring (bicyclic) bond motifs is 1. The van der Waals surface area contributed by atoms with Crippen LogP contribution in [0.25, 0.3) is 16.8 Å². The van der Waals surface area contributed by atoms with Crippen LogP contribution >= 0.6 is 0 Å². The van der Waals surface area contributed by atoms with Crippen LogP contribution in [-0.2, 0) is 4.79 Å². The highest BCUT2D eigenvalue weighted by Crippen LogP contribution is 2.29. The first-order valence-corrected chi connectivity index (χ1v) is 12.5. The lowest BCUT2D eigenvalue weighted by Crippen LogP contribution is -2.45. The Hall–Kier alpha value is -3.78. The first kappa shape index (κ1) is 23.9. The van der Waals surface area contributed by atoms with E-state index in [1.54, 1.807) is 6.20 Å². The predicted octanol–water partition coefficient (Wildman–Crippen LogP) is 5.02. The average molecular weight is 484 g/mol. The summed E-state index contributed by atoms with van der Waals surface area (Å²) in [6, 6.07) is 14.3. The van der Waals surface area contributed by atoms with Crippen LogP contribution in [0.1, 0.15) is 43.9 Å². The van der Waals surface area contributed by atoms with Gasteiger partial charge in [-0.2, -0.15) is 5.10 Å². The van der Waals surface area contributed by atoms with Crippen LogP contribution < -0.4 is 10.2 Å². The van der Waals surface area contributed by atoms with Crippen molar-refractivity contribution in [2.75, 3.05) is 30.9 Å². The third-order valence-corrected chi connectivity index (χ3v) is 6.95. The Kier molecular flexibility index (Phi) is 6.45. The third kappa shape index (κ3) is 4.68. The molecule has 4 heterocycles. The van der Waals surface area contributed by atoms with Crippen LogP contribution in [0.3, 0.4) is 0 Å². The second-order valence-electron chi connectivity index (χ2n) is 9.99. The Bertz CT molecular complexity index is 1390. The van der Waals surface area contributed by atoms with Gasteiger partial charge in [-0.25, -0.2) is 14.5 Å². The van der Waals surface area contributed by atoms with Crippen molar-refractivity contribution in [2.45, 2.75) is 45.6 Å². The van der Waals surface area contributed by atoms with Gasteiger partial charge in [-0.15, -0.1) is 0 Å². The molecule has 186 valence electrons. The highest BCUT2D eigenvalue weighted by Gasteiger charge is 2.27. The lowest BCUT2D eigenvalue weighted by molar-refractivity contribution is -0.120. The van der Waals surface area contributed by atoms with Crippen molar-refractivity contribution in [2.24, 2.45) is 0 Å². The summed E-state index contributed by atoms with van der Waals surface area (Å²) in [5.74, 6) is 1.08. The van der Waals surface area contributed by atoms with Crippen molar-refractivity contribution in [3.8, 4) is 11.3 Å². The highest BCUT2D eigenvalue weighted by molar-refractivity contribution is 5.94. The van der Waals surface area contributed by atoms with Crippen molar-refractivity contribution in [3.05, 3.63) is 66.1 Å². The molecule has 8 heteroatoms. The van der Waals surface area contributed by atoms with Crippen LogP contribution in [0.15, 0.2) is 54.9 Å². The zero-order chi connectivity index (χ0) is 25.4. The number of amides is 1. The van der Waals surface area contributed by atoms with Gasteiger partial charge in [-0.3, -0.25) is 4.79 Å². The second kappa shape index (κ2) is 9.70. The summed E-state index contributed by atoms with van der Waals surface area (Å²) in [5.41, 5.74) is 7.07. The van der Waals surface area contributed by atoms with Crippen LogP contribution in [0.2, 0.25) is 0 Å². The fourth-order valence-electron chi connectivity index (χ4n) is 5.02. The van der Waals surface area contributed by atoms with E-state index in [9.17, 15) is 4.79 Å². The van der Waals surface area contributed by atoms with Crippen molar-refractivity contribution < 1.29 is 4.79 Å². The van der Waals surface area contributed by atoms with E-state index in [1.807, 2.05) is 66.1 Å². The Morgan fingerprint density at radius 3 is 2.58 bits per heavy atom. The van der Waals surface area contributed by atoms with E-state index in [1.165, 1.54) is 5.56 Å². The fraction of sp³-hybridized carbons (Fsp3) is 0.357. The molecule has 0 aliphatic carbocycles. The average Bonchev–Trinajstić information content (AvgIpc) is 3.20. The van der Waals surface area contributed by atoms with E-state index in [-0.39, 0.29) is 5.91 Å². The van der Waals surface area contributed by atoms with E-state index in [4.69, 9.17) is 4.98 Å². The number of piperidine rings is 1. The van der Waals surface area contributed by atoms with Gasteiger partial charge in [0.25, 0.3) is 0 Å². The minimum absolute atomic E-state index is 0.169. The molecule has 1 aliphatic rings. The van der Waals surface area contributed by atoms with E-state index >= 15 is 0 Å². The van der Waals surface area contributed by atoms with Crippen molar-refractivity contribution in [1.82, 2.24) is 24.5 Å². The first-order chi connectivity index (χ1) is 17.3. The number of hydrogen-bond donors (Lipinski definition) is 1. The monoisotopic (exact) mass is 483 g/mol. The lowest BCUT2D eigenvalue weighted by atomic mass is 10.0. The molecule has 8 nitrogen and oxygen atoms in total. The fourth-order valence-corrected chi connectivity index (χ4v) is 5.02. The van der Waals surface area contributed by atoms with Gasteiger partial charge in [-0.05, 0) is 75.8 Å². The number of nitrogens with zero attached hydrogens (tertiary/aromatic N) is 6. The molecular formula is C28H33N7O. The van der Waals surface area contributed by atoms with E-state index in [2.05, 4.69) is 47.1 Å². The summed E-state index contributed by atoms with van der Waals surface area (Å²) in [4.78, 5) is 25.8. The van der Waals surface area contributed by atoms with Gasteiger partial charge >= 0.3 is 0 Å². The number of rotatable bonds is 6. The molecule has 1 N–H and O–H groups in total. The standard InChI is InChI=1S/C28H33N7O/c1-18(2)27-19(3)32-35-15-11-20(16-25(27)35)24-10-13-29-28(31-24)30-21-6-8-22(9-7-21)34-14-12-23(33(4)5)17-26(34)36/h6-11,13,15-16,18,23H,12,14,17H2,1-5H3,(H,29,30,31). The molecule has 1 aromatic carbocycles. The number of pyridine rings is 1. The van der Waals surface area contributed by atoms with Crippen LogP contribution in [-0.4, -0.2) is 57.1 Å². The maximum atomic E-state index is 12.7. The zero-order valence-corrected chi connectivity index (χ0v) is 21.6. The number of aromatic nitrogens is 4. The summed E-state index contributed by atoms with van der Waals surface area (Å²) in [6.07, 6.45) is 5.28. The summed E-state index contributed by atoms with van der Waals surface area (Å²) >= 11 is 0. The summed E-state index contributed by atoms with van der Waals surface area (Å²) in [7, 11) is 4.07. The van der Waals surface area contributed by atoms with Crippen molar-refractivity contribution >= 4 is 28.7 Å². The van der Waals surface area contributed by atoms with Gasteiger partial charge < -0.3 is 15.1 Å². The summed E-state index contributed by atoms with van der Waals surface area (Å²) in [6.45, 7) is 7.17. The van der Waals surface area contributed by atoms with Gasteiger partial charge in [0.1, 0.15) is 0 Å². The van der Waals surface area contributed by atoms with Gasteiger partial charge in [0.15, 0.2) is 0 Å². The van der Waals surface area contributed by atoms with E-state index in [0.29, 0.717) is 24.3 Å². The first-order valence-electron chi connectivity index (χ1n) is 12.5. The molecule has 1 atom stereocenters. The number of benzene rings is 1. The maximum absolute atomic E-state index is 12.7. The molecule has 1 saturated heterocycles. The predicted molar refractivity (Wildman–Crippen MR) is 144 cm³/mol. The molecule has 0 saturated carbocycles. The largest absolute Gasteiger partial charge is 0.324 e. The molecule has 4 aromatic rings. The van der Waals surface area contributed by atoms with Crippen molar-refractivity contribution in [1.29, 1.82) is 0 Å². The lowest BCUT2D eigenvalue weighted by Gasteiger charge is -2.34. The molecule has 0 bridgehead atoms. The topological polar surface area (TPSA) is 78.7 Å². The molecule has 1 amide bonds. The van der Waals surface area contributed by atoms with Gasteiger partial charge in [0.2, 0.25) is 11.9 Å². The van der Waals surface area contributed by atoms with Gasteiger partial charge in [-0.1, -0.05) is 13.8 Å². The number of carbonyl (C=O) groups excluding carboxylic acids is 1. The van der Waals surface area contributed by atoms with Crippen molar-refractivity contribution in [3.63, 3.8) is 0 Å². The van der Waals surface area contributed by atoms with Gasteiger partial charge in [0, 0.05) is 53.9 Å². The normalized spacial score (nSPS) is 16.4. The van der Waals surface area contributed by atoms with Crippen LogP contribution in [0.5, 0.6) is 0 Å².